The highest BCUT2D eigenvalue weighted by Gasteiger charge is 2.53. The van der Waals surface area contributed by atoms with Crippen molar-refractivity contribution in [2.75, 3.05) is 30.3 Å². The van der Waals surface area contributed by atoms with Gasteiger partial charge in [-0.3, -0.25) is 39.1 Å². The van der Waals surface area contributed by atoms with Crippen LogP contribution >= 0.6 is 11.3 Å². The Balaban J connectivity index is 0.749. The number of thiazole rings is 1. The van der Waals surface area contributed by atoms with Gasteiger partial charge in [0.25, 0.3) is 17.7 Å². The van der Waals surface area contributed by atoms with Crippen molar-refractivity contribution < 1.29 is 42.3 Å². The summed E-state index contributed by atoms with van der Waals surface area (Å²) in [5.74, 6) is -1.42. The molecule has 5 aliphatic rings. The van der Waals surface area contributed by atoms with Gasteiger partial charge in [0.05, 0.1) is 32.0 Å². The Morgan fingerprint density at radius 2 is 1.70 bits per heavy atom. The average Bonchev–Trinajstić information content (AvgIpc) is 3.74. The van der Waals surface area contributed by atoms with Gasteiger partial charge in [-0.1, -0.05) is 12.1 Å². The Bertz CT molecular complexity index is 2510. The third-order valence-corrected chi connectivity index (χ3v) is 15.1. The molecule has 5 heterocycles. The van der Waals surface area contributed by atoms with Gasteiger partial charge in [0.15, 0.2) is 0 Å². The third kappa shape index (κ3) is 8.23. The van der Waals surface area contributed by atoms with E-state index in [0.29, 0.717) is 52.3 Å². The summed E-state index contributed by atoms with van der Waals surface area (Å²) in [6.07, 6.45) is 2.96. The Hall–Kier alpha value is -5.26. The number of piperidine rings is 1. The summed E-state index contributed by atoms with van der Waals surface area (Å²) >= 11 is 1.55. The number of aliphatic hydroxyl groups is 1. The minimum absolute atomic E-state index is 0.0749. The summed E-state index contributed by atoms with van der Waals surface area (Å²) in [7, 11) is 0. The van der Waals surface area contributed by atoms with Crippen LogP contribution in [0.1, 0.15) is 132 Å². The summed E-state index contributed by atoms with van der Waals surface area (Å²) in [6, 6.07) is 11.3. The number of rotatable bonds is 11. The first-order valence-electron chi connectivity index (χ1n) is 21.7. The van der Waals surface area contributed by atoms with Gasteiger partial charge in [0, 0.05) is 55.0 Å². The van der Waals surface area contributed by atoms with E-state index >= 15 is 0 Å². The molecule has 2 saturated heterocycles. The van der Waals surface area contributed by atoms with E-state index in [0.717, 1.165) is 71.9 Å². The van der Waals surface area contributed by atoms with Crippen LogP contribution in [0.4, 0.5) is 24.5 Å². The van der Waals surface area contributed by atoms with Crippen LogP contribution in [0, 0.1) is 17.3 Å². The van der Waals surface area contributed by atoms with Crippen molar-refractivity contribution in [2.45, 2.75) is 108 Å². The first-order valence-corrected chi connectivity index (χ1v) is 22.5. The molecule has 2 aromatic heterocycles. The minimum atomic E-state index is -4.69. The molecule has 1 spiro atoms. The zero-order chi connectivity index (χ0) is 44.6. The summed E-state index contributed by atoms with van der Waals surface area (Å²) in [6.45, 7) is 8.38. The lowest BCUT2D eigenvalue weighted by molar-refractivity contribution is -0.141. The third-order valence-electron chi connectivity index (χ3n) is 14.0. The number of amides is 5. The number of fused-ring (bicyclic) bond motifs is 2. The van der Waals surface area contributed by atoms with Crippen LogP contribution in [0.2, 0.25) is 0 Å². The fraction of sp³-hybridized carbons (Fsp3) is 0.500. The number of likely N-dealkylation sites (tertiary alicyclic amines) is 1. The van der Waals surface area contributed by atoms with Crippen LogP contribution in [-0.2, 0) is 21.4 Å². The maximum Gasteiger partial charge on any atom is 0.433 e. The summed E-state index contributed by atoms with van der Waals surface area (Å²) in [4.78, 5) is 76.0. The van der Waals surface area contributed by atoms with Crippen molar-refractivity contribution in [1.29, 1.82) is 0 Å². The molecule has 4 aromatic rings. The van der Waals surface area contributed by atoms with E-state index in [-0.39, 0.29) is 35.6 Å². The van der Waals surface area contributed by atoms with Gasteiger partial charge >= 0.3 is 6.18 Å². The number of benzene rings is 2. The standard InChI is InChI=1S/C46H50F3N7O6S/c1-24(55-22-45(23-55)20-25(21-45)16-17-50-30-7-4-6-28-38(30)43(61)56(42(28)60)34-14-15-37(57)54-40(34)59)26-10-12-27(13-11-26)41-53-33-18-29(44(2,3)62)32(19-35(33)63-41)52-39(58)31-8-5-9-36(51-31)46(47,48)49/h4-9,18-19,24-27,34,50,62H,10-17,20-23H2,1-3H3,(H,52,58)(H,54,57,59)/t24-,26?,27?,34?/m0/s1. The van der Waals surface area contributed by atoms with Gasteiger partial charge in [-0.05, 0) is 126 Å². The van der Waals surface area contributed by atoms with Gasteiger partial charge < -0.3 is 15.7 Å². The second-order valence-electron chi connectivity index (χ2n) is 18.8. The molecule has 0 radical (unpaired) electrons. The molecule has 5 amide bonds. The normalized spacial score (nSPS) is 23.3. The van der Waals surface area contributed by atoms with Gasteiger partial charge in [-0.25, -0.2) is 9.97 Å². The van der Waals surface area contributed by atoms with Gasteiger partial charge in [0.2, 0.25) is 11.8 Å². The predicted octanol–water partition coefficient (Wildman–Crippen LogP) is 7.47. The highest BCUT2D eigenvalue weighted by Crippen LogP contribution is 2.54. The van der Waals surface area contributed by atoms with Gasteiger partial charge in [-0.2, -0.15) is 13.2 Å². The molecule has 4 N–H and O–H groups in total. The summed E-state index contributed by atoms with van der Waals surface area (Å²) in [5.41, 5.74) is -0.0121. The number of anilines is 2. The molecule has 332 valence electrons. The first kappa shape index (κ1) is 43.0. The van der Waals surface area contributed by atoms with Crippen LogP contribution < -0.4 is 16.0 Å². The van der Waals surface area contributed by atoms with Gasteiger partial charge in [-0.15, -0.1) is 11.3 Å². The highest BCUT2D eigenvalue weighted by atomic mass is 32.1. The number of halogens is 3. The van der Waals surface area contributed by atoms with E-state index in [1.54, 1.807) is 55.5 Å². The summed E-state index contributed by atoms with van der Waals surface area (Å²) < 4.78 is 40.7. The van der Waals surface area contributed by atoms with Crippen molar-refractivity contribution in [3.05, 3.63) is 81.6 Å². The average molecular weight is 886 g/mol. The number of imide groups is 2. The zero-order valence-electron chi connectivity index (χ0n) is 35.3. The molecule has 2 saturated carbocycles. The molecule has 2 aliphatic carbocycles. The quantitative estimate of drug-likeness (QED) is 0.111. The minimum Gasteiger partial charge on any atom is -0.386 e. The number of carbonyl (C=O) groups excluding carboxylic acids is 5. The number of nitrogens with one attached hydrogen (secondary N) is 3. The molecule has 17 heteroatoms. The second kappa shape index (κ2) is 16.1. The number of hydrogen-bond acceptors (Lipinski definition) is 11. The van der Waals surface area contributed by atoms with E-state index < -0.39 is 53.0 Å². The molecular formula is C46H50F3N7O6S. The Morgan fingerprint density at radius 1 is 0.968 bits per heavy atom. The van der Waals surface area contributed by atoms with Crippen LogP contribution in [0.25, 0.3) is 10.2 Å². The first-order chi connectivity index (χ1) is 29.9. The fourth-order valence-electron chi connectivity index (χ4n) is 10.6. The molecular weight excluding hydrogens is 836 g/mol. The van der Waals surface area contributed by atoms with Crippen molar-refractivity contribution in [3.63, 3.8) is 0 Å². The summed E-state index contributed by atoms with van der Waals surface area (Å²) in [5, 5.41) is 20.3. The van der Waals surface area contributed by atoms with Crippen molar-refractivity contribution in [3.8, 4) is 0 Å². The molecule has 13 nitrogen and oxygen atoms in total. The number of carbonyl (C=O) groups is 5. The predicted molar refractivity (Wildman–Crippen MR) is 229 cm³/mol. The number of hydrogen-bond donors (Lipinski definition) is 4. The number of pyridine rings is 1. The monoisotopic (exact) mass is 885 g/mol. The van der Waals surface area contributed by atoms with Crippen LogP contribution in [0.15, 0.2) is 48.5 Å². The molecule has 1 unspecified atom stereocenters. The topological polar surface area (TPSA) is 174 Å². The Labute approximate surface area is 366 Å². The number of aromatic nitrogens is 2. The molecule has 9 rings (SSSR count). The lowest BCUT2D eigenvalue weighted by Gasteiger charge is -2.62. The van der Waals surface area contributed by atoms with Crippen LogP contribution in [0.5, 0.6) is 0 Å². The molecule has 2 aromatic carbocycles. The molecule has 2 atom stereocenters. The second-order valence-corrected chi connectivity index (χ2v) is 19.8. The van der Waals surface area contributed by atoms with E-state index in [2.05, 4.69) is 32.8 Å². The SMILES string of the molecule is C[C@@H](C1CCC(c2nc3cc(C(C)(C)O)c(NC(=O)c4cccc(C(F)(F)F)n4)cc3s2)CC1)N1CC2(CC(CCNc3cccc4c3C(=O)N(C3CCC(=O)NC3=O)C4=O)C2)C1. The van der Waals surface area contributed by atoms with Crippen LogP contribution in [0.3, 0.4) is 0 Å². The smallest absolute Gasteiger partial charge is 0.386 e. The lowest BCUT2D eigenvalue weighted by Crippen LogP contribution is -2.65. The largest absolute Gasteiger partial charge is 0.433 e. The maximum atomic E-state index is 13.5. The van der Waals surface area contributed by atoms with Crippen molar-refractivity contribution in [1.82, 2.24) is 25.1 Å². The lowest BCUT2D eigenvalue weighted by atomic mass is 9.56. The van der Waals surface area contributed by atoms with Crippen LogP contribution in [-0.4, -0.2) is 86.1 Å². The van der Waals surface area contributed by atoms with E-state index in [4.69, 9.17) is 4.98 Å². The maximum absolute atomic E-state index is 13.5. The van der Waals surface area contributed by atoms with Crippen molar-refractivity contribution >= 4 is 62.5 Å². The number of alkyl halides is 3. The fourth-order valence-corrected chi connectivity index (χ4v) is 11.8. The molecule has 4 fully saturated rings. The van der Waals surface area contributed by atoms with E-state index in [9.17, 15) is 42.3 Å². The highest BCUT2D eigenvalue weighted by molar-refractivity contribution is 7.18. The molecule has 63 heavy (non-hydrogen) atoms. The van der Waals surface area contributed by atoms with E-state index in [1.165, 1.54) is 18.9 Å². The van der Waals surface area contributed by atoms with Gasteiger partial charge in [0.1, 0.15) is 17.4 Å². The Kier molecular flexibility index (Phi) is 11.0. The zero-order valence-corrected chi connectivity index (χ0v) is 36.1. The van der Waals surface area contributed by atoms with Crippen molar-refractivity contribution in [2.24, 2.45) is 17.3 Å². The molecule has 0 bridgehead atoms. The van der Waals surface area contributed by atoms with E-state index in [1.807, 2.05) is 0 Å². The Morgan fingerprint density at radius 3 is 2.40 bits per heavy atom. The number of nitrogens with zero attached hydrogens (tertiary/aromatic N) is 4. The molecule has 3 aliphatic heterocycles.